The molecule has 0 aliphatic carbocycles. The molecular formula is C16H25FIN3OS. The highest BCUT2D eigenvalue weighted by Gasteiger charge is 2.22. The van der Waals surface area contributed by atoms with Gasteiger partial charge in [-0.2, -0.15) is 0 Å². The molecule has 130 valence electrons. The van der Waals surface area contributed by atoms with Crippen molar-refractivity contribution in [3.05, 3.63) is 30.1 Å². The Bertz CT molecular complexity index is 487. The summed E-state index contributed by atoms with van der Waals surface area (Å²) in [7, 11) is 0. The number of thioether (sulfide) groups is 1. The van der Waals surface area contributed by atoms with Gasteiger partial charge in [-0.15, -0.1) is 35.7 Å². The summed E-state index contributed by atoms with van der Waals surface area (Å²) >= 11 is 1.72. The molecule has 1 heterocycles. The van der Waals surface area contributed by atoms with Crippen LogP contribution in [0.15, 0.2) is 34.2 Å². The van der Waals surface area contributed by atoms with E-state index < -0.39 is 0 Å². The Morgan fingerprint density at radius 3 is 2.78 bits per heavy atom. The third-order valence-electron chi connectivity index (χ3n) is 3.44. The second kappa shape index (κ2) is 11.1. The fraction of sp³-hybridized carbons (Fsp3) is 0.562. The Morgan fingerprint density at radius 2 is 2.17 bits per heavy atom. The first kappa shape index (κ1) is 20.5. The van der Waals surface area contributed by atoms with Crippen LogP contribution in [0.25, 0.3) is 0 Å². The predicted octanol–water partition coefficient (Wildman–Crippen LogP) is 2.96. The molecule has 1 aliphatic heterocycles. The van der Waals surface area contributed by atoms with Crippen LogP contribution in [-0.2, 0) is 0 Å². The average molecular weight is 453 g/mol. The van der Waals surface area contributed by atoms with Crippen LogP contribution in [0.4, 0.5) is 4.39 Å². The van der Waals surface area contributed by atoms with Gasteiger partial charge in [0.25, 0.3) is 0 Å². The maximum atomic E-state index is 12.8. The van der Waals surface area contributed by atoms with Gasteiger partial charge in [0.05, 0.1) is 6.10 Å². The van der Waals surface area contributed by atoms with Crippen molar-refractivity contribution in [3.63, 3.8) is 0 Å². The number of aliphatic hydroxyl groups is 1. The summed E-state index contributed by atoms with van der Waals surface area (Å²) in [5, 5.41) is 12.9. The molecule has 0 amide bonds. The van der Waals surface area contributed by atoms with Crippen molar-refractivity contribution in [1.82, 2.24) is 10.2 Å². The third-order valence-corrected chi connectivity index (χ3v) is 4.54. The number of likely N-dealkylation sites (tertiary alicyclic amines) is 1. The molecular weight excluding hydrogens is 428 g/mol. The zero-order valence-electron chi connectivity index (χ0n) is 13.4. The minimum Gasteiger partial charge on any atom is -0.391 e. The minimum absolute atomic E-state index is 0. The van der Waals surface area contributed by atoms with E-state index in [4.69, 9.17) is 0 Å². The normalized spacial score (nSPS) is 18.0. The molecule has 0 aromatic heterocycles. The Labute approximate surface area is 159 Å². The smallest absolute Gasteiger partial charge is 0.194 e. The largest absolute Gasteiger partial charge is 0.391 e. The summed E-state index contributed by atoms with van der Waals surface area (Å²) in [6, 6.07) is 6.59. The predicted molar refractivity (Wildman–Crippen MR) is 105 cm³/mol. The Morgan fingerprint density at radius 1 is 1.43 bits per heavy atom. The van der Waals surface area contributed by atoms with Gasteiger partial charge in [0.1, 0.15) is 5.82 Å². The van der Waals surface area contributed by atoms with Gasteiger partial charge in [0.2, 0.25) is 0 Å². The van der Waals surface area contributed by atoms with Crippen molar-refractivity contribution in [2.45, 2.75) is 30.8 Å². The molecule has 1 aliphatic rings. The Kier molecular flexibility index (Phi) is 9.89. The van der Waals surface area contributed by atoms with Crippen LogP contribution in [0.1, 0.15) is 19.8 Å². The van der Waals surface area contributed by atoms with Crippen molar-refractivity contribution in [2.75, 3.05) is 31.9 Å². The first-order valence-corrected chi connectivity index (χ1v) is 8.77. The van der Waals surface area contributed by atoms with E-state index in [1.54, 1.807) is 23.9 Å². The molecule has 1 aromatic rings. The zero-order chi connectivity index (χ0) is 15.8. The van der Waals surface area contributed by atoms with Gasteiger partial charge >= 0.3 is 0 Å². The molecule has 0 spiro atoms. The molecule has 4 nitrogen and oxygen atoms in total. The molecule has 1 fully saturated rings. The summed E-state index contributed by atoms with van der Waals surface area (Å²) < 4.78 is 12.8. The maximum absolute atomic E-state index is 12.8. The summed E-state index contributed by atoms with van der Waals surface area (Å²) in [5.41, 5.74) is 0. The van der Waals surface area contributed by atoms with Crippen LogP contribution in [0.5, 0.6) is 0 Å². The van der Waals surface area contributed by atoms with Gasteiger partial charge in [-0.3, -0.25) is 4.99 Å². The van der Waals surface area contributed by atoms with Gasteiger partial charge in [-0.1, -0.05) is 0 Å². The van der Waals surface area contributed by atoms with E-state index in [9.17, 15) is 9.50 Å². The van der Waals surface area contributed by atoms with Gasteiger partial charge in [-0.05, 0) is 49.8 Å². The molecule has 1 atom stereocenters. The number of aliphatic hydroxyl groups excluding tert-OH is 1. The van der Waals surface area contributed by atoms with Crippen LogP contribution in [0, 0.1) is 5.82 Å². The second-order valence-electron chi connectivity index (χ2n) is 5.28. The lowest BCUT2D eigenvalue weighted by atomic mass is 10.3. The Balaban J connectivity index is 0.00000264. The highest BCUT2D eigenvalue weighted by Crippen LogP contribution is 2.18. The van der Waals surface area contributed by atoms with E-state index in [0.29, 0.717) is 6.54 Å². The van der Waals surface area contributed by atoms with Crippen molar-refractivity contribution in [2.24, 2.45) is 4.99 Å². The monoisotopic (exact) mass is 453 g/mol. The molecule has 7 heteroatoms. The number of aliphatic imine (C=N–C) groups is 1. The van der Waals surface area contributed by atoms with E-state index in [0.717, 1.165) is 49.1 Å². The number of guanidine groups is 1. The highest BCUT2D eigenvalue weighted by molar-refractivity contribution is 14.0. The first-order chi connectivity index (χ1) is 10.7. The molecule has 2 rings (SSSR count). The molecule has 1 aromatic carbocycles. The quantitative estimate of drug-likeness (QED) is 0.229. The summed E-state index contributed by atoms with van der Waals surface area (Å²) in [5.74, 6) is 1.65. The van der Waals surface area contributed by atoms with Crippen LogP contribution in [0.3, 0.4) is 0 Å². The number of nitrogens with one attached hydrogen (secondary N) is 1. The molecule has 0 saturated carbocycles. The number of hydrogen-bond acceptors (Lipinski definition) is 3. The van der Waals surface area contributed by atoms with E-state index in [1.165, 1.54) is 12.1 Å². The van der Waals surface area contributed by atoms with Crippen LogP contribution < -0.4 is 5.32 Å². The minimum atomic E-state index is -0.238. The number of halogens is 2. The lowest BCUT2D eigenvalue weighted by molar-refractivity contribution is 0.188. The zero-order valence-corrected chi connectivity index (χ0v) is 16.5. The molecule has 1 saturated heterocycles. The summed E-state index contributed by atoms with van der Waals surface area (Å²) in [6.07, 6.45) is 1.54. The summed E-state index contributed by atoms with van der Waals surface area (Å²) in [6.45, 7) is 5.15. The molecule has 0 radical (unpaired) electrons. The number of benzene rings is 1. The Hall–Kier alpha value is -0.540. The third kappa shape index (κ3) is 7.26. The molecule has 0 bridgehead atoms. The molecule has 23 heavy (non-hydrogen) atoms. The van der Waals surface area contributed by atoms with Gasteiger partial charge in [0.15, 0.2) is 5.96 Å². The number of rotatable bonds is 6. The van der Waals surface area contributed by atoms with Gasteiger partial charge in [-0.25, -0.2) is 4.39 Å². The number of hydrogen-bond donors (Lipinski definition) is 2. The lowest BCUT2D eigenvalue weighted by Crippen LogP contribution is -2.40. The molecule has 2 N–H and O–H groups in total. The van der Waals surface area contributed by atoms with Crippen molar-refractivity contribution < 1.29 is 9.50 Å². The van der Waals surface area contributed by atoms with Crippen LogP contribution in [0.2, 0.25) is 0 Å². The second-order valence-corrected chi connectivity index (χ2v) is 6.45. The van der Waals surface area contributed by atoms with Crippen molar-refractivity contribution in [1.29, 1.82) is 0 Å². The summed E-state index contributed by atoms with van der Waals surface area (Å²) in [4.78, 5) is 7.82. The van der Waals surface area contributed by atoms with E-state index in [1.807, 2.05) is 6.92 Å². The van der Waals surface area contributed by atoms with Crippen LogP contribution >= 0.6 is 35.7 Å². The van der Waals surface area contributed by atoms with Crippen molar-refractivity contribution in [3.8, 4) is 0 Å². The van der Waals surface area contributed by atoms with Gasteiger partial charge < -0.3 is 15.3 Å². The standard InChI is InChI=1S/C16H24FN3OS.HI/c1-2-18-16(20-10-8-14(21)12-20)19-9-3-11-22-15-6-4-13(17)5-7-15;/h4-7,14,21H,2-3,8-12H2,1H3,(H,18,19);1H/t14-;/m1./s1. The average Bonchev–Trinajstić information content (AvgIpc) is 2.94. The maximum Gasteiger partial charge on any atom is 0.194 e. The topological polar surface area (TPSA) is 47.9 Å². The highest BCUT2D eigenvalue weighted by atomic mass is 127. The fourth-order valence-electron chi connectivity index (χ4n) is 2.33. The fourth-order valence-corrected chi connectivity index (χ4v) is 3.17. The first-order valence-electron chi connectivity index (χ1n) is 7.78. The van der Waals surface area contributed by atoms with Gasteiger partial charge in [0, 0.05) is 31.1 Å². The lowest BCUT2D eigenvalue weighted by Gasteiger charge is -2.20. The SMILES string of the molecule is CCNC(=NCCCSc1ccc(F)cc1)N1CC[C@@H](O)C1.I. The number of nitrogens with zero attached hydrogens (tertiary/aromatic N) is 2. The van der Waals surface area contributed by atoms with E-state index in [2.05, 4.69) is 15.2 Å². The van der Waals surface area contributed by atoms with Crippen LogP contribution in [-0.4, -0.2) is 54.0 Å². The number of β-amino-alcohol motifs (C(OH)–C–C–N with tert-alkyl or cyclic N) is 1. The molecule has 0 unspecified atom stereocenters. The van der Waals surface area contributed by atoms with Crippen molar-refractivity contribution >= 4 is 41.7 Å². The van der Waals surface area contributed by atoms with E-state index >= 15 is 0 Å². The van der Waals surface area contributed by atoms with E-state index in [-0.39, 0.29) is 35.9 Å².